The molecule has 0 aliphatic carbocycles. The Hall–Kier alpha value is -1.15. The minimum atomic E-state index is -4.58. The van der Waals surface area contributed by atoms with E-state index in [4.69, 9.17) is 0 Å². The van der Waals surface area contributed by atoms with E-state index < -0.39 is 23.6 Å². The molecule has 1 atom stereocenters. The molecule has 0 bridgehead atoms. The standard InChI is InChI=1S/C16H16F4N2S.ClH/c17-11-3-4-12(13(10-11)16(18,19)20)15(14-2-1-9-23-14)22-7-5-21-6-8-22;/h1-4,9-10,15,21H,5-8H2;1H/t15-;/m0./s1. The van der Waals surface area contributed by atoms with Crippen molar-refractivity contribution >= 4 is 23.7 Å². The summed E-state index contributed by atoms with van der Waals surface area (Å²) in [7, 11) is 0. The van der Waals surface area contributed by atoms with E-state index >= 15 is 0 Å². The van der Waals surface area contributed by atoms with Crippen LogP contribution in [-0.2, 0) is 6.18 Å². The average molecular weight is 381 g/mol. The molecule has 1 aromatic heterocycles. The second-order valence-corrected chi connectivity index (χ2v) is 6.41. The van der Waals surface area contributed by atoms with Crippen LogP contribution in [0.1, 0.15) is 22.0 Å². The highest BCUT2D eigenvalue weighted by Crippen LogP contribution is 2.40. The predicted octanol–water partition coefficient (Wildman–Crippen LogP) is 4.32. The molecule has 0 unspecified atom stereocenters. The molecule has 2 aromatic rings. The lowest BCUT2D eigenvalue weighted by atomic mass is 9.96. The van der Waals surface area contributed by atoms with Gasteiger partial charge in [-0.15, -0.1) is 23.7 Å². The van der Waals surface area contributed by atoms with Gasteiger partial charge in [0.2, 0.25) is 0 Å². The van der Waals surface area contributed by atoms with Crippen LogP contribution < -0.4 is 5.32 Å². The largest absolute Gasteiger partial charge is 0.416 e. The van der Waals surface area contributed by atoms with Gasteiger partial charge in [0.25, 0.3) is 0 Å². The van der Waals surface area contributed by atoms with Gasteiger partial charge in [-0.2, -0.15) is 13.2 Å². The topological polar surface area (TPSA) is 15.3 Å². The molecule has 0 saturated carbocycles. The Morgan fingerprint density at radius 3 is 2.42 bits per heavy atom. The van der Waals surface area contributed by atoms with E-state index in [2.05, 4.69) is 5.32 Å². The molecular formula is C16H17ClF4N2S. The normalized spacial score (nSPS) is 17.3. The Morgan fingerprint density at radius 1 is 1.12 bits per heavy atom. The van der Waals surface area contributed by atoms with Gasteiger partial charge in [0, 0.05) is 31.1 Å². The molecule has 8 heteroatoms. The Kier molecular flexibility index (Phi) is 6.25. The Morgan fingerprint density at radius 2 is 1.83 bits per heavy atom. The molecule has 3 rings (SSSR count). The van der Waals surface area contributed by atoms with Gasteiger partial charge in [-0.1, -0.05) is 12.1 Å². The van der Waals surface area contributed by atoms with Crippen molar-refractivity contribution in [3.63, 3.8) is 0 Å². The minimum Gasteiger partial charge on any atom is -0.314 e. The summed E-state index contributed by atoms with van der Waals surface area (Å²) < 4.78 is 53.6. The van der Waals surface area contributed by atoms with E-state index in [1.165, 1.54) is 17.4 Å². The number of nitrogens with zero attached hydrogens (tertiary/aromatic N) is 1. The number of hydrogen-bond acceptors (Lipinski definition) is 3. The highest BCUT2D eigenvalue weighted by molar-refractivity contribution is 7.10. The maximum Gasteiger partial charge on any atom is 0.416 e. The van der Waals surface area contributed by atoms with Crippen LogP contribution in [0.3, 0.4) is 0 Å². The van der Waals surface area contributed by atoms with Gasteiger partial charge in [0.15, 0.2) is 0 Å². The van der Waals surface area contributed by atoms with Crippen LogP contribution in [0.15, 0.2) is 35.7 Å². The van der Waals surface area contributed by atoms with Crippen molar-refractivity contribution in [3.05, 3.63) is 57.5 Å². The number of halogens is 5. The van der Waals surface area contributed by atoms with E-state index in [1.54, 1.807) is 0 Å². The van der Waals surface area contributed by atoms with E-state index in [1.807, 2.05) is 22.4 Å². The first-order chi connectivity index (χ1) is 11.0. The maximum atomic E-state index is 13.4. The summed E-state index contributed by atoms with van der Waals surface area (Å²) >= 11 is 1.42. The molecular weight excluding hydrogens is 364 g/mol. The lowest BCUT2D eigenvalue weighted by Crippen LogP contribution is -2.45. The quantitative estimate of drug-likeness (QED) is 0.798. The molecule has 0 amide bonds. The van der Waals surface area contributed by atoms with Crippen LogP contribution in [0.4, 0.5) is 17.6 Å². The molecule has 1 saturated heterocycles. The van der Waals surface area contributed by atoms with E-state index in [0.717, 1.165) is 24.0 Å². The van der Waals surface area contributed by atoms with Gasteiger partial charge in [0.1, 0.15) is 5.82 Å². The van der Waals surface area contributed by atoms with Crippen molar-refractivity contribution in [1.29, 1.82) is 0 Å². The van der Waals surface area contributed by atoms with Crippen LogP contribution in [0.5, 0.6) is 0 Å². The van der Waals surface area contributed by atoms with Gasteiger partial charge in [-0.3, -0.25) is 4.90 Å². The van der Waals surface area contributed by atoms with Crippen LogP contribution >= 0.6 is 23.7 Å². The zero-order valence-corrected chi connectivity index (χ0v) is 14.3. The third kappa shape index (κ3) is 4.08. The van der Waals surface area contributed by atoms with E-state index in [9.17, 15) is 17.6 Å². The molecule has 0 spiro atoms. The molecule has 24 heavy (non-hydrogen) atoms. The fourth-order valence-electron chi connectivity index (χ4n) is 2.93. The van der Waals surface area contributed by atoms with Gasteiger partial charge >= 0.3 is 6.18 Å². The first-order valence-electron chi connectivity index (χ1n) is 7.31. The Bertz CT molecular complexity index is 655. The lowest BCUT2D eigenvalue weighted by Gasteiger charge is -2.35. The molecule has 0 radical (unpaired) electrons. The van der Waals surface area contributed by atoms with Gasteiger partial charge < -0.3 is 5.32 Å². The number of alkyl halides is 3. The SMILES string of the molecule is Cl.Fc1ccc([C@@H](c2cccs2)N2CCNCC2)c(C(F)(F)F)c1. The maximum absolute atomic E-state index is 13.4. The van der Waals surface area contributed by atoms with Crippen LogP contribution in [-0.4, -0.2) is 31.1 Å². The zero-order chi connectivity index (χ0) is 16.4. The number of piperazine rings is 1. The predicted molar refractivity (Wildman–Crippen MR) is 89.3 cm³/mol. The summed E-state index contributed by atoms with van der Waals surface area (Å²) in [6.45, 7) is 2.75. The number of thiophene rings is 1. The third-order valence-electron chi connectivity index (χ3n) is 3.94. The van der Waals surface area contributed by atoms with Crippen molar-refractivity contribution < 1.29 is 17.6 Å². The van der Waals surface area contributed by atoms with Crippen molar-refractivity contribution in [1.82, 2.24) is 10.2 Å². The zero-order valence-electron chi connectivity index (χ0n) is 12.6. The summed E-state index contributed by atoms with van der Waals surface area (Å²) in [5, 5.41) is 5.05. The van der Waals surface area contributed by atoms with Crippen molar-refractivity contribution in [2.24, 2.45) is 0 Å². The van der Waals surface area contributed by atoms with E-state index in [0.29, 0.717) is 19.2 Å². The Balaban J connectivity index is 0.00000208. The summed E-state index contributed by atoms with van der Waals surface area (Å²) in [5.41, 5.74) is -0.780. The van der Waals surface area contributed by atoms with Crippen LogP contribution in [0.2, 0.25) is 0 Å². The van der Waals surface area contributed by atoms with Gasteiger partial charge in [-0.05, 0) is 29.1 Å². The van der Waals surface area contributed by atoms with Gasteiger partial charge in [-0.25, -0.2) is 4.39 Å². The van der Waals surface area contributed by atoms with E-state index in [-0.39, 0.29) is 18.0 Å². The van der Waals surface area contributed by atoms with Crippen LogP contribution in [0.25, 0.3) is 0 Å². The molecule has 1 aromatic carbocycles. The highest BCUT2D eigenvalue weighted by Gasteiger charge is 2.38. The fourth-order valence-corrected chi connectivity index (χ4v) is 3.81. The number of benzene rings is 1. The second-order valence-electron chi connectivity index (χ2n) is 5.43. The van der Waals surface area contributed by atoms with Gasteiger partial charge in [0.05, 0.1) is 11.6 Å². The number of nitrogens with one attached hydrogen (secondary N) is 1. The minimum absolute atomic E-state index is 0. The molecule has 2 heterocycles. The first-order valence-corrected chi connectivity index (χ1v) is 8.19. The highest BCUT2D eigenvalue weighted by atomic mass is 35.5. The summed E-state index contributed by atoms with van der Waals surface area (Å²) in [4.78, 5) is 2.86. The third-order valence-corrected chi connectivity index (χ3v) is 4.87. The Labute approximate surface area is 147 Å². The summed E-state index contributed by atoms with van der Waals surface area (Å²) in [6.07, 6.45) is -4.58. The first kappa shape index (κ1) is 19.2. The van der Waals surface area contributed by atoms with Crippen molar-refractivity contribution in [3.8, 4) is 0 Å². The molecule has 1 N–H and O–H groups in total. The molecule has 132 valence electrons. The number of hydrogen-bond donors (Lipinski definition) is 1. The molecule has 1 fully saturated rings. The second kappa shape index (κ2) is 7.82. The smallest absolute Gasteiger partial charge is 0.314 e. The van der Waals surface area contributed by atoms with Crippen LogP contribution in [0, 0.1) is 5.82 Å². The summed E-state index contributed by atoms with van der Waals surface area (Å²) in [5.74, 6) is -0.869. The van der Waals surface area contributed by atoms with Crippen molar-refractivity contribution in [2.75, 3.05) is 26.2 Å². The molecule has 1 aliphatic rings. The molecule has 2 nitrogen and oxygen atoms in total. The number of rotatable bonds is 3. The van der Waals surface area contributed by atoms with Crippen molar-refractivity contribution in [2.45, 2.75) is 12.2 Å². The molecule has 1 aliphatic heterocycles. The monoisotopic (exact) mass is 380 g/mol. The lowest BCUT2D eigenvalue weighted by molar-refractivity contribution is -0.138. The average Bonchev–Trinajstić information content (AvgIpc) is 3.03. The fraction of sp³-hybridized carbons (Fsp3) is 0.375. The summed E-state index contributed by atoms with van der Waals surface area (Å²) in [6, 6.07) is 6.12.